The molecule has 0 fully saturated rings. The molecule has 26 heavy (non-hydrogen) atoms. The molecule has 0 aliphatic carbocycles. The zero-order valence-corrected chi connectivity index (χ0v) is 16.0. The van der Waals surface area contributed by atoms with E-state index < -0.39 is 0 Å². The second-order valence-corrected chi connectivity index (χ2v) is 7.00. The number of nitrogens with one attached hydrogen (secondary N) is 2. The highest BCUT2D eigenvalue weighted by molar-refractivity contribution is 8.04. The molecule has 5 nitrogen and oxygen atoms in total. The summed E-state index contributed by atoms with van der Waals surface area (Å²) < 4.78 is 14.1. The van der Waals surface area contributed by atoms with Crippen molar-refractivity contribution in [2.24, 2.45) is 0 Å². The number of H-pyrrole nitrogens is 1. The molecule has 1 heterocycles. The summed E-state index contributed by atoms with van der Waals surface area (Å²) in [6.45, 7) is 8.23. The molecular weight excluding hydrogens is 346 g/mol. The van der Waals surface area contributed by atoms with Crippen LogP contribution < -0.4 is 4.72 Å². The van der Waals surface area contributed by atoms with Gasteiger partial charge in [0.15, 0.2) is 0 Å². The summed E-state index contributed by atoms with van der Waals surface area (Å²) in [7, 11) is 1.66. The van der Waals surface area contributed by atoms with Crippen LogP contribution in [0.4, 0.5) is 5.69 Å². The smallest absolute Gasteiger partial charge is 0.116 e. The van der Waals surface area contributed by atoms with Gasteiger partial charge in [-0.05, 0) is 44.0 Å². The Kier molecular flexibility index (Phi) is 6.96. The van der Waals surface area contributed by atoms with Crippen molar-refractivity contribution in [1.82, 2.24) is 4.98 Å². The molecule has 1 aromatic carbocycles. The van der Waals surface area contributed by atoms with Gasteiger partial charge in [0, 0.05) is 23.6 Å². The second-order valence-electron chi connectivity index (χ2n) is 6.12. The van der Waals surface area contributed by atoms with Crippen molar-refractivity contribution in [3.8, 4) is 6.07 Å². The number of hydrogen-bond acceptors (Lipinski definition) is 5. The normalized spacial score (nSPS) is 12.3. The first-order valence-electron chi connectivity index (χ1n) is 8.10. The fourth-order valence-electron chi connectivity index (χ4n) is 2.09. The Hall–Kier alpha value is -2.62. The van der Waals surface area contributed by atoms with Crippen molar-refractivity contribution in [2.75, 3.05) is 18.4 Å². The number of ether oxygens (including phenoxy) is 2. The number of benzene rings is 1. The summed E-state index contributed by atoms with van der Waals surface area (Å²) in [5.74, 6) is 0. The molecular formula is C20H23N3O2S. The number of nitriles is 1. The maximum Gasteiger partial charge on any atom is 0.116 e. The molecule has 2 N–H and O–H groups in total. The van der Waals surface area contributed by atoms with Crippen LogP contribution in [0.2, 0.25) is 0 Å². The maximum absolute atomic E-state index is 9.13. The van der Waals surface area contributed by atoms with Gasteiger partial charge in [-0.25, -0.2) is 0 Å². The molecule has 1 aromatic heterocycles. The molecule has 0 aliphatic heterocycles. The Balaban J connectivity index is 1.98. The van der Waals surface area contributed by atoms with Crippen molar-refractivity contribution in [3.63, 3.8) is 0 Å². The number of methoxy groups -OCH3 is 1. The maximum atomic E-state index is 9.13. The first kappa shape index (κ1) is 19.7. The molecule has 6 heteroatoms. The van der Waals surface area contributed by atoms with E-state index >= 15 is 0 Å². The third-order valence-corrected chi connectivity index (χ3v) is 4.60. The molecule has 0 spiro atoms. The van der Waals surface area contributed by atoms with Gasteiger partial charge in [-0.15, -0.1) is 0 Å². The lowest BCUT2D eigenvalue weighted by Crippen LogP contribution is -2.28. The van der Waals surface area contributed by atoms with Crippen LogP contribution >= 0.6 is 11.9 Å². The van der Waals surface area contributed by atoms with E-state index in [0.29, 0.717) is 12.2 Å². The van der Waals surface area contributed by atoms with Crippen LogP contribution in [0.3, 0.4) is 0 Å². The molecule has 0 unspecified atom stereocenters. The molecule has 2 aromatic rings. The molecule has 0 bridgehead atoms. The zero-order chi connectivity index (χ0) is 19.0. The fraction of sp³-hybridized carbons (Fsp3) is 0.250. The summed E-state index contributed by atoms with van der Waals surface area (Å²) in [5, 5.41) is 10.0. The van der Waals surface area contributed by atoms with E-state index in [1.54, 1.807) is 25.6 Å². The van der Waals surface area contributed by atoms with Gasteiger partial charge < -0.3 is 19.2 Å². The number of allylic oxidation sites excluding steroid dienone is 3. The minimum atomic E-state index is -0.317. The standard InChI is InChI=1S/C20H23N3O2S/c1-5-16(8-7-11-25-14-20(2,3)24-4)26-23-18-10-6-9-17-15(12-21)13-22-19(17)18/h5-11,13,22-23H,1,14H2,2-4H3/b11-7+,16-8+. The first-order valence-corrected chi connectivity index (χ1v) is 8.91. The number of rotatable bonds is 9. The quantitative estimate of drug-likeness (QED) is 0.364. The van der Waals surface area contributed by atoms with Crippen molar-refractivity contribution >= 4 is 28.5 Å². The summed E-state index contributed by atoms with van der Waals surface area (Å²) in [5.41, 5.74) is 2.12. The van der Waals surface area contributed by atoms with E-state index in [1.807, 2.05) is 44.2 Å². The van der Waals surface area contributed by atoms with Crippen LogP contribution in [-0.4, -0.2) is 24.3 Å². The van der Waals surface area contributed by atoms with Gasteiger partial charge in [-0.2, -0.15) is 5.26 Å². The van der Waals surface area contributed by atoms with Gasteiger partial charge in [-0.1, -0.05) is 24.8 Å². The molecule has 0 aliphatic rings. The highest BCUT2D eigenvalue weighted by atomic mass is 32.2. The Bertz CT molecular complexity index is 860. The molecule has 0 atom stereocenters. The Morgan fingerprint density at radius 3 is 2.96 bits per heavy atom. The molecule has 0 radical (unpaired) electrons. The Labute approximate surface area is 158 Å². The summed E-state index contributed by atoms with van der Waals surface area (Å²) >= 11 is 1.43. The molecule has 0 amide bonds. The van der Waals surface area contributed by atoms with Gasteiger partial charge in [0.2, 0.25) is 0 Å². The zero-order valence-electron chi connectivity index (χ0n) is 15.2. The van der Waals surface area contributed by atoms with Crippen molar-refractivity contribution in [3.05, 3.63) is 65.9 Å². The molecule has 136 valence electrons. The number of para-hydroxylation sites is 1. The first-order chi connectivity index (χ1) is 12.5. The topological polar surface area (TPSA) is 70.1 Å². The van der Waals surface area contributed by atoms with Gasteiger partial charge >= 0.3 is 0 Å². The summed E-state index contributed by atoms with van der Waals surface area (Å²) in [4.78, 5) is 4.07. The SMILES string of the molecule is C=C/C(=C\C=C\OCC(C)(C)OC)SNc1cccc2c(C#N)c[nH]c12. The predicted molar refractivity (Wildman–Crippen MR) is 109 cm³/mol. The van der Waals surface area contributed by atoms with Crippen LogP contribution in [-0.2, 0) is 9.47 Å². The number of fused-ring (bicyclic) bond motifs is 1. The third-order valence-electron chi connectivity index (χ3n) is 3.73. The lowest BCUT2D eigenvalue weighted by molar-refractivity contribution is -0.0271. The van der Waals surface area contributed by atoms with E-state index in [1.165, 1.54) is 11.9 Å². The Morgan fingerprint density at radius 1 is 1.46 bits per heavy atom. The minimum absolute atomic E-state index is 0.317. The van der Waals surface area contributed by atoms with Gasteiger partial charge in [0.1, 0.15) is 12.7 Å². The minimum Gasteiger partial charge on any atom is -0.498 e. The van der Waals surface area contributed by atoms with Crippen LogP contribution in [0.1, 0.15) is 19.4 Å². The average Bonchev–Trinajstić information content (AvgIpc) is 3.07. The van der Waals surface area contributed by atoms with Crippen molar-refractivity contribution in [1.29, 1.82) is 5.26 Å². The summed E-state index contributed by atoms with van der Waals surface area (Å²) in [6, 6.07) is 7.98. The van der Waals surface area contributed by atoms with Gasteiger partial charge in [0.25, 0.3) is 0 Å². The number of aromatic amines is 1. The number of hydrogen-bond donors (Lipinski definition) is 2. The van der Waals surface area contributed by atoms with Crippen LogP contribution in [0, 0.1) is 11.3 Å². The second kappa shape index (κ2) is 9.18. The van der Waals surface area contributed by atoms with Crippen molar-refractivity contribution in [2.45, 2.75) is 19.4 Å². The lowest BCUT2D eigenvalue weighted by atomic mass is 10.2. The number of anilines is 1. The van der Waals surface area contributed by atoms with Crippen LogP contribution in [0.15, 0.2) is 60.4 Å². The summed E-state index contributed by atoms with van der Waals surface area (Å²) in [6.07, 6.45) is 8.83. The van der Waals surface area contributed by atoms with Crippen LogP contribution in [0.5, 0.6) is 0 Å². The molecule has 0 saturated carbocycles. The average molecular weight is 369 g/mol. The highest BCUT2D eigenvalue weighted by Gasteiger charge is 2.15. The molecule has 2 rings (SSSR count). The van der Waals surface area contributed by atoms with E-state index in [9.17, 15) is 0 Å². The van der Waals surface area contributed by atoms with Crippen molar-refractivity contribution < 1.29 is 9.47 Å². The van der Waals surface area contributed by atoms with Gasteiger partial charge in [-0.3, -0.25) is 0 Å². The monoisotopic (exact) mass is 369 g/mol. The van der Waals surface area contributed by atoms with E-state index in [2.05, 4.69) is 22.4 Å². The third kappa shape index (κ3) is 5.19. The fourth-order valence-corrected chi connectivity index (χ4v) is 2.71. The number of aromatic nitrogens is 1. The highest BCUT2D eigenvalue weighted by Crippen LogP contribution is 2.28. The molecule has 0 saturated heterocycles. The van der Waals surface area contributed by atoms with E-state index in [4.69, 9.17) is 14.7 Å². The van der Waals surface area contributed by atoms with E-state index in [0.717, 1.165) is 21.5 Å². The predicted octanol–water partition coefficient (Wildman–Crippen LogP) is 5.12. The largest absolute Gasteiger partial charge is 0.498 e. The Morgan fingerprint density at radius 2 is 2.27 bits per heavy atom. The number of nitrogens with zero attached hydrogens (tertiary/aromatic N) is 1. The lowest BCUT2D eigenvalue weighted by Gasteiger charge is -2.21. The van der Waals surface area contributed by atoms with Crippen LogP contribution in [0.25, 0.3) is 10.9 Å². The van der Waals surface area contributed by atoms with Gasteiger partial charge in [0.05, 0.1) is 28.6 Å². The van der Waals surface area contributed by atoms with E-state index in [-0.39, 0.29) is 5.60 Å².